The van der Waals surface area contributed by atoms with E-state index < -0.39 is 6.04 Å². The van der Waals surface area contributed by atoms with Crippen LogP contribution in [0.15, 0.2) is 54.6 Å². The molecule has 128 valence electrons. The van der Waals surface area contributed by atoms with Crippen LogP contribution in [-0.2, 0) is 11.2 Å². The van der Waals surface area contributed by atoms with Crippen LogP contribution in [0.2, 0.25) is 0 Å². The molecule has 1 aliphatic heterocycles. The minimum absolute atomic E-state index is 0.112. The van der Waals surface area contributed by atoms with Gasteiger partial charge in [0.25, 0.3) is 0 Å². The van der Waals surface area contributed by atoms with Gasteiger partial charge >= 0.3 is 0 Å². The van der Waals surface area contributed by atoms with E-state index >= 15 is 0 Å². The van der Waals surface area contributed by atoms with Gasteiger partial charge in [0.15, 0.2) is 0 Å². The maximum Gasteiger partial charge on any atom is 0.227 e. The Morgan fingerprint density at radius 1 is 1.04 bits per heavy atom. The molecule has 0 bridgehead atoms. The molecule has 2 aromatic rings. The third-order valence-electron chi connectivity index (χ3n) is 4.54. The predicted octanol–water partition coefficient (Wildman–Crippen LogP) is 2.78. The molecule has 2 aromatic carbocycles. The molecule has 0 N–H and O–H groups in total. The van der Waals surface area contributed by atoms with E-state index in [0.717, 1.165) is 11.1 Å². The van der Waals surface area contributed by atoms with E-state index in [2.05, 4.69) is 6.07 Å². The highest BCUT2D eigenvalue weighted by Crippen LogP contribution is 2.22. The summed E-state index contributed by atoms with van der Waals surface area (Å²) in [6.45, 7) is 2.47. The second-order valence-corrected chi connectivity index (χ2v) is 6.16. The van der Waals surface area contributed by atoms with Crippen molar-refractivity contribution in [2.45, 2.75) is 12.5 Å². The number of hydrogen-bond acceptors (Lipinski definition) is 3. The van der Waals surface area contributed by atoms with Crippen molar-refractivity contribution < 1.29 is 9.18 Å². The minimum Gasteiger partial charge on any atom is -0.340 e. The summed E-state index contributed by atoms with van der Waals surface area (Å²) in [5, 5.41) is 9.50. The second kappa shape index (κ2) is 7.91. The molecule has 1 aliphatic rings. The number of rotatable bonds is 4. The maximum absolute atomic E-state index is 13.1. The average molecular weight is 337 g/mol. The summed E-state index contributed by atoms with van der Waals surface area (Å²) in [7, 11) is 0. The topological polar surface area (TPSA) is 47.3 Å². The number of hydrogen-bond donors (Lipinski definition) is 0. The van der Waals surface area contributed by atoms with Crippen LogP contribution in [0.4, 0.5) is 4.39 Å². The number of benzene rings is 2. The van der Waals surface area contributed by atoms with Gasteiger partial charge < -0.3 is 4.90 Å². The highest BCUT2D eigenvalue weighted by Gasteiger charge is 2.27. The number of carbonyl (C=O) groups is 1. The van der Waals surface area contributed by atoms with Gasteiger partial charge in [-0.25, -0.2) is 4.39 Å². The number of halogens is 1. The molecular weight excluding hydrogens is 317 g/mol. The zero-order valence-corrected chi connectivity index (χ0v) is 13.9. The summed E-state index contributed by atoms with van der Waals surface area (Å²) < 4.78 is 13.1. The van der Waals surface area contributed by atoms with Gasteiger partial charge in [0.1, 0.15) is 11.9 Å². The van der Waals surface area contributed by atoms with E-state index in [1.165, 1.54) is 12.1 Å². The molecule has 0 saturated carbocycles. The SMILES string of the molecule is N#CC(c1ccc(F)cc1)N1CCN(C(=O)Cc2ccccc2)CC1. The van der Waals surface area contributed by atoms with Crippen molar-refractivity contribution in [3.8, 4) is 6.07 Å². The van der Waals surface area contributed by atoms with Gasteiger partial charge in [0, 0.05) is 26.2 Å². The molecule has 1 fully saturated rings. The fourth-order valence-corrected chi connectivity index (χ4v) is 3.12. The molecule has 0 aliphatic carbocycles. The number of nitriles is 1. The zero-order valence-electron chi connectivity index (χ0n) is 13.9. The Hall–Kier alpha value is -2.71. The van der Waals surface area contributed by atoms with Gasteiger partial charge in [-0.2, -0.15) is 5.26 Å². The van der Waals surface area contributed by atoms with Crippen LogP contribution in [-0.4, -0.2) is 41.9 Å². The van der Waals surface area contributed by atoms with Gasteiger partial charge in [0.2, 0.25) is 5.91 Å². The number of nitrogens with zero attached hydrogens (tertiary/aromatic N) is 3. The lowest BCUT2D eigenvalue weighted by Gasteiger charge is -2.37. The molecule has 5 heteroatoms. The summed E-state index contributed by atoms with van der Waals surface area (Å²) in [5.41, 5.74) is 1.80. The van der Waals surface area contributed by atoms with Crippen LogP contribution in [0.5, 0.6) is 0 Å². The Morgan fingerprint density at radius 2 is 1.68 bits per heavy atom. The van der Waals surface area contributed by atoms with Crippen molar-refractivity contribution in [2.24, 2.45) is 0 Å². The van der Waals surface area contributed by atoms with Crippen LogP contribution < -0.4 is 0 Å². The first-order valence-corrected chi connectivity index (χ1v) is 8.38. The Labute approximate surface area is 147 Å². The maximum atomic E-state index is 13.1. The van der Waals surface area contributed by atoms with E-state index in [4.69, 9.17) is 0 Å². The van der Waals surface area contributed by atoms with E-state index in [1.807, 2.05) is 40.1 Å². The molecule has 0 spiro atoms. The van der Waals surface area contributed by atoms with E-state index in [0.29, 0.717) is 32.6 Å². The third-order valence-corrected chi connectivity index (χ3v) is 4.54. The average Bonchev–Trinajstić information content (AvgIpc) is 2.65. The van der Waals surface area contributed by atoms with E-state index in [9.17, 15) is 14.4 Å². The van der Waals surface area contributed by atoms with Crippen molar-refractivity contribution in [3.63, 3.8) is 0 Å². The highest BCUT2D eigenvalue weighted by atomic mass is 19.1. The largest absolute Gasteiger partial charge is 0.340 e. The first kappa shape index (κ1) is 17.1. The van der Waals surface area contributed by atoms with Crippen molar-refractivity contribution in [1.29, 1.82) is 5.26 Å². The van der Waals surface area contributed by atoms with Crippen molar-refractivity contribution in [3.05, 3.63) is 71.5 Å². The van der Waals surface area contributed by atoms with Crippen molar-refractivity contribution >= 4 is 5.91 Å². The minimum atomic E-state index is -0.410. The van der Waals surface area contributed by atoms with Crippen LogP contribution in [0.1, 0.15) is 17.2 Å². The summed E-state index contributed by atoms with van der Waals surface area (Å²) in [6.07, 6.45) is 0.403. The molecule has 1 heterocycles. The molecule has 3 rings (SSSR count). The molecule has 1 atom stereocenters. The number of amides is 1. The van der Waals surface area contributed by atoms with Crippen LogP contribution in [0.3, 0.4) is 0 Å². The standard InChI is InChI=1S/C20H20FN3O/c21-18-8-6-17(7-9-18)19(15-22)23-10-12-24(13-11-23)20(25)14-16-4-2-1-3-5-16/h1-9,19H,10-14H2. The lowest BCUT2D eigenvalue weighted by Crippen LogP contribution is -2.49. The first-order chi connectivity index (χ1) is 12.2. The fraction of sp³-hybridized carbons (Fsp3) is 0.300. The smallest absolute Gasteiger partial charge is 0.227 e. The highest BCUT2D eigenvalue weighted by molar-refractivity contribution is 5.78. The summed E-state index contributed by atoms with van der Waals surface area (Å²) >= 11 is 0. The molecule has 1 unspecified atom stereocenters. The van der Waals surface area contributed by atoms with Crippen LogP contribution >= 0.6 is 0 Å². The second-order valence-electron chi connectivity index (χ2n) is 6.16. The van der Waals surface area contributed by atoms with Gasteiger partial charge in [-0.05, 0) is 23.3 Å². The Kier molecular flexibility index (Phi) is 5.42. The predicted molar refractivity (Wildman–Crippen MR) is 93.1 cm³/mol. The Morgan fingerprint density at radius 3 is 2.28 bits per heavy atom. The first-order valence-electron chi connectivity index (χ1n) is 8.38. The zero-order chi connectivity index (χ0) is 17.6. The summed E-state index contributed by atoms with van der Waals surface area (Å²) in [4.78, 5) is 16.3. The molecular formula is C20H20FN3O. The third kappa shape index (κ3) is 4.23. The quantitative estimate of drug-likeness (QED) is 0.862. The molecule has 0 aromatic heterocycles. The lowest BCUT2D eigenvalue weighted by molar-refractivity contribution is -0.132. The van der Waals surface area contributed by atoms with Gasteiger partial charge in [-0.1, -0.05) is 42.5 Å². The Bertz CT molecular complexity index is 747. The van der Waals surface area contributed by atoms with E-state index in [-0.39, 0.29) is 11.7 Å². The molecule has 4 nitrogen and oxygen atoms in total. The molecule has 1 saturated heterocycles. The number of carbonyl (C=O) groups excluding carboxylic acids is 1. The van der Waals surface area contributed by atoms with Gasteiger partial charge in [0.05, 0.1) is 12.5 Å². The summed E-state index contributed by atoms with van der Waals surface area (Å²) in [5.74, 6) is -0.196. The molecule has 1 amide bonds. The molecule has 25 heavy (non-hydrogen) atoms. The van der Waals surface area contributed by atoms with E-state index in [1.54, 1.807) is 12.1 Å². The fourth-order valence-electron chi connectivity index (χ4n) is 3.12. The Balaban J connectivity index is 1.58. The van der Waals surface area contributed by atoms with Crippen molar-refractivity contribution in [1.82, 2.24) is 9.80 Å². The van der Waals surface area contributed by atoms with Crippen LogP contribution in [0, 0.1) is 17.1 Å². The van der Waals surface area contributed by atoms with Crippen LogP contribution in [0.25, 0.3) is 0 Å². The number of piperazine rings is 1. The van der Waals surface area contributed by atoms with Gasteiger partial charge in [-0.15, -0.1) is 0 Å². The normalized spacial score (nSPS) is 16.2. The monoisotopic (exact) mass is 337 g/mol. The summed E-state index contributed by atoms with van der Waals surface area (Å²) in [6, 6.07) is 17.6. The van der Waals surface area contributed by atoms with Crippen molar-refractivity contribution in [2.75, 3.05) is 26.2 Å². The van der Waals surface area contributed by atoms with Gasteiger partial charge in [-0.3, -0.25) is 9.69 Å². The lowest BCUT2D eigenvalue weighted by atomic mass is 10.1. The molecule has 0 radical (unpaired) electrons.